The molecule has 0 bridgehead atoms. The van der Waals surface area contributed by atoms with E-state index in [0.717, 1.165) is 48.7 Å². The van der Waals surface area contributed by atoms with Gasteiger partial charge in [-0.1, -0.05) is 11.6 Å². The molecular formula is C19H22ClN7O. The maximum atomic E-state index is 12.3. The molecule has 0 spiro atoms. The molecular weight excluding hydrogens is 378 g/mol. The van der Waals surface area contributed by atoms with Crippen molar-refractivity contribution in [2.75, 3.05) is 11.9 Å². The fraction of sp³-hybridized carbons (Fsp3) is 0.368. The molecule has 1 atom stereocenters. The number of anilines is 1. The van der Waals surface area contributed by atoms with Crippen molar-refractivity contribution in [1.29, 1.82) is 0 Å². The maximum absolute atomic E-state index is 12.3. The molecule has 28 heavy (non-hydrogen) atoms. The molecule has 8 nitrogen and oxygen atoms in total. The van der Waals surface area contributed by atoms with Crippen LogP contribution in [0.25, 0.3) is 11.4 Å². The molecule has 1 unspecified atom stereocenters. The van der Waals surface area contributed by atoms with Gasteiger partial charge in [0, 0.05) is 43.0 Å². The number of nitrogens with zero attached hydrogens (tertiary/aromatic N) is 5. The molecule has 0 radical (unpaired) electrons. The number of carbonyl (C=O) groups is 1. The monoisotopic (exact) mass is 399 g/mol. The van der Waals surface area contributed by atoms with Gasteiger partial charge in [-0.25, -0.2) is 0 Å². The zero-order chi connectivity index (χ0) is 19.5. The number of amides is 1. The molecule has 1 aliphatic heterocycles. The summed E-state index contributed by atoms with van der Waals surface area (Å²) >= 11 is 5.88. The van der Waals surface area contributed by atoms with Crippen LogP contribution in [0.5, 0.6) is 0 Å². The van der Waals surface area contributed by atoms with E-state index in [0.29, 0.717) is 5.02 Å². The highest BCUT2D eigenvalue weighted by Gasteiger charge is 2.22. The zero-order valence-corrected chi connectivity index (χ0v) is 16.4. The van der Waals surface area contributed by atoms with Crippen LogP contribution in [-0.2, 0) is 24.8 Å². The maximum Gasteiger partial charge on any atom is 0.239 e. The summed E-state index contributed by atoms with van der Waals surface area (Å²) in [6.45, 7) is 0.993. The van der Waals surface area contributed by atoms with Crippen molar-refractivity contribution in [1.82, 2.24) is 29.9 Å². The number of aromatic nitrogens is 5. The van der Waals surface area contributed by atoms with Crippen LogP contribution >= 0.6 is 11.6 Å². The van der Waals surface area contributed by atoms with Crippen molar-refractivity contribution >= 4 is 23.2 Å². The van der Waals surface area contributed by atoms with E-state index in [1.165, 1.54) is 0 Å². The van der Waals surface area contributed by atoms with Gasteiger partial charge < -0.3 is 15.2 Å². The Labute approximate surface area is 167 Å². The third kappa shape index (κ3) is 4.17. The Morgan fingerprint density at radius 3 is 2.82 bits per heavy atom. The molecule has 3 aromatic rings. The molecule has 0 saturated heterocycles. The van der Waals surface area contributed by atoms with Crippen molar-refractivity contribution in [2.24, 2.45) is 7.05 Å². The SMILES string of the molecule is Cn1cc(-c2nnc3n2CCC(NC(=O)CNc2ccc(Cl)cc2)CC3)cn1. The third-order valence-corrected chi connectivity index (χ3v) is 5.12. The van der Waals surface area contributed by atoms with Gasteiger partial charge in [0.15, 0.2) is 5.82 Å². The van der Waals surface area contributed by atoms with Crippen LogP contribution in [-0.4, -0.2) is 43.0 Å². The molecule has 2 aromatic heterocycles. The van der Waals surface area contributed by atoms with E-state index < -0.39 is 0 Å². The van der Waals surface area contributed by atoms with Crippen molar-refractivity contribution in [3.63, 3.8) is 0 Å². The average Bonchev–Trinajstić information content (AvgIpc) is 3.24. The Kier molecular flexibility index (Phi) is 5.29. The average molecular weight is 400 g/mol. The highest BCUT2D eigenvalue weighted by atomic mass is 35.5. The van der Waals surface area contributed by atoms with E-state index in [1.54, 1.807) is 23.0 Å². The Hall–Kier alpha value is -2.87. The summed E-state index contributed by atoms with van der Waals surface area (Å²) < 4.78 is 3.89. The number of hydrogen-bond acceptors (Lipinski definition) is 5. The van der Waals surface area contributed by atoms with E-state index in [9.17, 15) is 4.79 Å². The summed E-state index contributed by atoms with van der Waals surface area (Å²) in [5, 5.41) is 19.8. The van der Waals surface area contributed by atoms with Crippen LogP contribution in [0.4, 0.5) is 5.69 Å². The van der Waals surface area contributed by atoms with Crippen molar-refractivity contribution in [2.45, 2.75) is 31.8 Å². The van der Waals surface area contributed by atoms with Gasteiger partial charge in [-0.15, -0.1) is 10.2 Å². The van der Waals surface area contributed by atoms with Crippen LogP contribution < -0.4 is 10.6 Å². The largest absolute Gasteiger partial charge is 0.376 e. The van der Waals surface area contributed by atoms with Crippen molar-refractivity contribution in [3.8, 4) is 11.4 Å². The first-order valence-corrected chi connectivity index (χ1v) is 9.66. The highest BCUT2D eigenvalue weighted by molar-refractivity contribution is 6.30. The summed E-state index contributed by atoms with van der Waals surface area (Å²) in [5.41, 5.74) is 1.82. The van der Waals surface area contributed by atoms with Gasteiger partial charge in [0.2, 0.25) is 5.91 Å². The Morgan fingerprint density at radius 1 is 1.25 bits per heavy atom. The lowest BCUT2D eigenvalue weighted by atomic mass is 10.1. The molecule has 146 valence electrons. The van der Waals surface area contributed by atoms with Crippen molar-refractivity contribution in [3.05, 3.63) is 47.5 Å². The van der Waals surface area contributed by atoms with E-state index in [-0.39, 0.29) is 18.5 Å². The molecule has 0 saturated carbocycles. The number of nitrogens with one attached hydrogen (secondary N) is 2. The molecule has 1 aromatic carbocycles. The Morgan fingerprint density at radius 2 is 2.07 bits per heavy atom. The van der Waals surface area contributed by atoms with Gasteiger partial charge in [0.05, 0.1) is 18.3 Å². The van der Waals surface area contributed by atoms with Gasteiger partial charge in [-0.05, 0) is 37.1 Å². The fourth-order valence-electron chi connectivity index (χ4n) is 3.41. The van der Waals surface area contributed by atoms with E-state index in [1.807, 2.05) is 25.4 Å². The zero-order valence-electron chi connectivity index (χ0n) is 15.6. The topological polar surface area (TPSA) is 89.7 Å². The lowest BCUT2D eigenvalue weighted by Crippen LogP contribution is -2.38. The smallest absolute Gasteiger partial charge is 0.239 e. The number of fused-ring (bicyclic) bond motifs is 1. The second-order valence-corrected chi connectivity index (χ2v) is 7.38. The normalized spacial score (nSPS) is 16.3. The van der Waals surface area contributed by atoms with Crippen LogP contribution in [0.3, 0.4) is 0 Å². The van der Waals surface area contributed by atoms with Crippen LogP contribution in [0.1, 0.15) is 18.7 Å². The van der Waals surface area contributed by atoms with Gasteiger partial charge in [0.25, 0.3) is 0 Å². The molecule has 9 heteroatoms. The number of halogens is 1. The number of hydrogen-bond donors (Lipinski definition) is 2. The van der Waals surface area contributed by atoms with Gasteiger partial charge in [-0.3, -0.25) is 9.48 Å². The van der Waals surface area contributed by atoms with E-state index >= 15 is 0 Å². The number of rotatable bonds is 5. The molecule has 1 amide bonds. The first kappa shape index (κ1) is 18.5. The standard InChI is InChI=1S/C19H22ClN7O/c1-26-12-13(10-22-26)19-25-24-17-7-6-16(8-9-27(17)19)23-18(28)11-21-15-4-2-14(20)3-5-15/h2-5,10,12,16,21H,6-9,11H2,1H3,(H,23,28). The number of aryl methyl sites for hydroxylation is 2. The molecule has 4 rings (SSSR count). The number of benzene rings is 1. The first-order chi connectivity index (χ1) is 13.6. The summed E-state index contributed by atoms with van der Waals surface area (Å²) in [6.07, 6.45) is 6.19. The first-order valence-electron chi connectivity index (χ1n) is 9.28. The van der Waals surface area contributed by atoms with Crippen LogP contribution in [0, 0.1) is 0 Å². The summed E-state index contributed by atoms with van der Waals surface area (Å²) in [6, 6.07) is 7.41. The van der Waals surface area contributed by atoms with Crippen LogP contribution in [0.2, 0.25) is 5.02 Å². The molecule has 3 heterocycles. The Balaban J connectivity index is 1.33. The molecule has 1 aliphatic rings. The predicted octanol–water partition coefficient (Wildman–Crippen LogP) is 2.27. The molecule has 0 fully saturated rings. The second-order valence-electron chi connectivity index (χ2n) is 6.95. The second kappa shape index (κ2) is 8.02. The van der Waals surface area contributed by atoms with Gasteiger partial charge in [0.1, 0.15) is 5.82 Å². The Bertz CT molecular complexity index is 963. The summed E-state index contributed by atoms with van der Waals surface area (Å²) in [5.74, 6) is 1.76. The molecule has 0 aliphatic carbocycles. The highest BCUT2D eigenvalue weighted by Crippen LogP contribution is 2.22. The van der Waals surface area contributed by atoms with Crippen molar-refractivity contribution < 1.29 is 4.79 Å². The third-order valence-electron chi connectivity index (χ3n) is 4.87. The van der Waals surface area contributed by atoms with Gasteiger partial charge >= 0.3 is 0 Å². The minimum absolute atomic E-state index is 0.0231. The lowest BCUT2D eigenvalue weighted by Gasteiger charge is -2.16. The number of carbonyl (C=O) groups excluding carboxylic acids is 1. The fourth-order valence-corrected chi connectivity index (χ4v) is 3.54. The minimum atomic E-state index is -0.0231. The quantitative estimate of drug-likeness (QED) is 0.686. The van der Waals surface area contributed by atoms with Crippen LogP contribution in [0.15, 0.2) is 36.7 Å². The lowest BCUT2D eigenvalue weighted by molar-refractivity contribution is -0.120. The molecule has 2 N–H and O–H groups in total. The summed E-state index contributed by atoms with van der Waals surface area (Å²) in [4.78, 5) is 12.3. The van der Waals surface area contributed by atoms with E-state index in [2.05, 4.69) is 30.5 Å². The minimum Gasteiger partial charge on any atom is -0.376 e. The van der Waals surface area contributed by atoms with E-state index in [4.69, 9.17) is 11.6 Å². The predicted molar refractivity (Wildman–Crippen MR) is 107 cm³/mol. The van der Waals surface area contributed by atoms with Gasteiger partial charge in [-0.2, -0.15) is 5.10 Å². The summed E-state index contributed by atoms with van der Waals surface area (Å²) in [7, 11) is 1.88.